The number of hydrogen-bond donors (Lipinski definition) is 1. The zero-order valence-corrected chi connectivity index (χ0v) is 12.7. The highest BCUT2D eigenvalue weighted by molar-refractivity contribution is 6.30. The standard InChI is InChI=1S/C16H18ClN3O/c1-12(10-20-8-7-18-11-20)19-15(21)16(5-6-16)13-3-2-4-14(17)9-13/h2-4,7-9,11-12H,5-6,10H2,1H3,(H,19,21). The lowest BCUT2D eigenvalue weighted by molar-refractivity contribution is -0.124. The van der Waals surface area contributed by atoms with E-state index >= 15 is 0 Å². The van der Waals surface area contributed by atoms with Crippen molar-refractivity contribution >= 4 is 17.5 Å². The van der Waals surface area contributed by atoms with Gasteiger partial charge in [-0.1, -0.05) is 23.7 Å². The minimum absolute atomic E-state index is 0.0587. The first kappa shape index (κ1) is 14.1. The first-order chi connectivity index (χ1) is 10.1. The van der Waals surface area contributed by atoms with Gasteiger partial charge >= 0.3 is 0 Å². The molecule has 110 valence electrons. The summed E-state index contributed by atoms with van der Waals surface area (Å²) in [5.74, 6) is 0.0948. The van der Waals surface area contributed by atoms with Crippen molar-refractivity contribution in [3.8, 4) is 0 Å². The van der Waals surface area contributed by atoms with Gasteiger partial charge in [0.2, 0.25) is 5.91 Å². The number of carbonyl (C=O) groups excluding carboxylic acids is 1. The summed E-state index contributed by atoms with van der Waals surface area (Å²) in [5.41, 5.74) is 0.635. The Morgan fingerprint density at radius 1 is 1.52 bits per heavy atom. The highest BCUT2D eigenvalue weighted by atomic mass is 35.5. The van der Waals surface area contributed by atoms with Crippen molar-refractivity contribution in [2.24, 2.45) is 0 Å². The van der Waals surface area contributed by atoms with Gasteiger partial charge in [-0.2, -0.15) is 0 Å². The van der Waals surface area contributed by atoms with E-state index in [1.165, 1.54) is 0 Å². The lowest BCUT2D eigenvalue weighted by Crippen LogP contribution is -2.41. The van der Waals surface area contributed by atoms with E-state index in [-0.39, 0.29) is 17.4 Å². The van der Waals surface area contributed by atoms with Crippen LogP contribution in [0.2, 0.25) is 5.02 Å². The van der Waals surface area contributed by atoms with E-state index in [1.807, 2.05) is 42.0 Å². The molecule has 0 saturated heterocycles. The molecule has 21 heavy (non-hydrogen) atoms. The van der Waals surface area contributed by atoms with E-state index in [9.17, 15) is 4.79 Å². The molecule has 1 heterocycles. The molecular formula is C16H18ClN3O. The highest BCUT2D eigenvalue weighted by Crippen LogP contribution is 2.48. The number of aromatic nitrogens is 2. The van der Waals surface area contributed by atoms with Crippen LogP contribution in [0.25, 0.3) is 0 Å². The molecule has 1 saturated carbocycles. The predicted molar refractivity (Wildman–Crippen MR) is 82.2 cm³/mol. The van der Waals surface area contributed by atoms with Crippen molar-refractivity contribution in [3.05, 3.63) is 53.6 Å². The average molecular weight is 304 g/mol. The van der Waals surface area contributed by atoms with E-state index in [2.05, 4.69) is 10.3 Å². The third-order valence-corrected chi connectivity index (χ3v) is 4.22. The van der Waals surface area contributed by atoms with Crippen LogP contribution in [-0.2, 0) is 16.8 Å². The smallest absolute Gasteiger partial charge is 0.230 e. The second-order valence-electron chi connectivity index (χ2n) is 5.73. The van der Waals surface area contributed by atoms with Crippen LogP contribution < -0.4 is 5.32 Å². The molecule has 1 aromatic heterocycles. The molecule has 2 aromatic rings. The monoisotopic (exact) mass is 303 g/mol. The van der Waals surface area contributed by atoms with E-state index in [0.29, 0.717) is 5.02 Å². The Labute approximate surface area is 129 Å². The molecule has 1 N–H and O–H groups in total. The largest absolute Gasteiger partial charge is 0.351 e. The van der Waals surface area contributed by atoms with Crippen molar-refractivity contribution in [1.82, 2.24) is 14.9 Å². The lowest BCUT2D eigenvalue weighted by atomic mass is 9.94. The van der Waals surface area contributed by atoms with Gasteiger partial charge in [-0.05, 0) is 37.5 Å². The Morgan fingerprint density at radius 2 is 2.33 bits per heavy atom. The molecule has 0 aliphatic heterocycles. The maximum absolute atomic E-state index is 12.6. The van der Waals surface area contributed by atoms with Crippen LogP contribution in [0, 0.1) is 0 Å². The zero-order valence-electron chi connectivity index (χ0n) is 11.9. The van der Waals surface area contributed by atoms with E-state index < -0.39 is 0 Å². The number of nitrogens with zero attached hydrogens (tertiary/aromatic N) is 2. The van der Waals surface area contributed by atoms with Crippen molar-refractivity contribution in [3.63, 3.8) is 0 Å². The van der Waals surface area contributed by atoms with Crippen molar-refractivity contribution in [2.45, 2.75) is 37.8 Å². The number of nitrogens with one attached hydrogen (secondary N) is 1. The average Bonchev–Trinajstić information content (AvgIpc) is 3.12. The van der Waals surface area contributed by atoms with Gasteiger partial charge in [0, 0.05) is 30.0 Å². The number of hydrogen-bond acceptors (Lipinski definition) is 2. The third-order valence-electron chi connectivity index (χ3n) is 3.98. The molecule has 1 aliphatic carbocycles. The van der Waals surface area contributed by atoms with Crippen molar-refractivity contribution < 1.29 is 4.79 Å². The Balaban J connectivity index is 1.67. The molecule has 1 unspecified atom stereocenters. The number of carbonyl (C=O) groups is 1. The van der Waals surface area contributed by atoms with Crippen molar-refractivity contribution in [2.75, 3.05) is 0 Å². The molecule has 1 aromatic carbocycles. The van der Waals surface area contributed by atoms with Crippen LogP contribution in [-0.4, -0.2) is 21.5 Å². The number of benzene rings is 1. The molecule has 1 amide bonds. The summed E-state index contributed by atoms with van der Waals surface area (Å²) < 4.78 is 1.96. The second kappa shape index (κ2) is 5.53. The van der Waals surface area contributed by atoms with Gasteiger partial charge in [0.15, 0.2) is 0 Å². The summed E-state index contributed by atoms with van der Waals surface area (Å²) in [6, 6.07) is 7.68. The molecule has 0 spiro atoms. The van der Waals surface area contributed by atoms with Crippen LogP contribution >= 0.6 is 11.6 Å². The van der Waals surface area contributed by atoms with E-state index in [4.69, 9.17) is 11.6 Å². The Morgan fingerprint density at radius 3 is 2.95 bits per heavy atom. The molecule has 1 atom stereocenters. The molecule has 1 aliphatic rings. The molecule has 4 nitrogen and oxygen atoms in total. The number of rotatable bonds is 5. The summed E-state index contributed by atoms with van der Waals surface area (Å²) in [6.45, 7) is 2.73. The Kier molecular flexibility index (Phi) is 3.72. The lowest BCUT2D eigenvalue weighted by Gasteiger charge is -2.20. The first-order valence-electron chi connectivity index (χ1n) is 7.13. The van der Waals surface area contributed by atoms with Gasteiger partial charge < -0.3 is 9.88 Å². The van der Waals surface area contributed by atoms with E-state index in [0.717, 1.165) is 24.9 Å². The number of halogens is 1. The highest BCUT2D eigenvalue weighted by Gasteiger charge is 2.51. The predicted octanol–water partition coefficient (Wildman–Crippen LogP) is 2.77. The number of amides is 1. The molecule has 3 rings (SSSR count). The fourth-order valence-electron chi connectivity index (χ4n) is 2.68. The normalized spacial score (nSPS) is 17.2. The van der Waals surface area contributed by atoms with Gasteiger partial charge in [0.25, 0.3) is 0 Å². The topological polar surface area (TPSA) is 46.9 Å². The minimum atomic E-state index is -0.381. The van der Waals surface area contributed by atoms with Gasteiger partial charge in [-0.3, -0.25) is 4.79 Å². The third kappa shape index (κ3) is 2.95. The van der Waals surface area contributed by atoms with Crippen LogP contribution in [0.3, 0.4) is 0 Å². The Bertz CT molecular complexity index is 635. The van der Waals surface area contributed by atoms with Gasteiger partial charge in [0.05, 0.1) is 11.7 Å². The molecule has 5 heteroatoms. The summed E-state index contributed by atoms with van der Waals surface area (Å²) in [4.78, 5) is 16.6. The maximum atomic E-state index is 12.6. The van der Waals surface area contributed by atoms with Crippen LogP contribution in [0.5, 0.6) is 0 Å². The molecule has 0 bridgehead atoms. The molecule has 1 fully saturated rings. The fourth-order valence-corrected chi connectivity index (χ4v) is 2.87. The maximum Gasteiger partial charge on any atom is 0.230 e. The van der Waals surface area contributed by atoms with Gasteiger partial charge in [-0.15, -0.1) is 0 Å². The zero-order chi connectivity index (χ0) is 14.9. The SMILES string of the molecule is CC(Cn1ccnc1)NC(=O)C1(c2cccc(Cl)c2)CC1. The first-order valence-corrected chi connectivity index (χ1v) is 7.51. The fraction of sp³-hybridized carbons (Fsp3) is 0.375. The summed E-state index contributed by atoms with van der Waals surface area (Å²) in [6.07, 6.45) is 7.16. The van der Waals surface area contributed by atoms with Gasteiger partial charge in [-0.25, -0.2) is 4.98 Å². The molecular weight excluding hydrogens is 286 g/mol. The number of imidazole rings is 1. The summed E-state index contributed by atoms with van der Waals surface area (Å²) in [7, 11) is 0. The van der Waals surface area contributed by atoms with Gasteiger partial charge in [0.1, 0.15) is 0 Å². The van der Waals surface area contributed by atoms with Crippen LogP contribution in [0.4, 0.5) is 0 Å². The summed E-state index contributed by atoms with van der Waals surface area (Å²) >= 11 is 6.04. The molecule has 0 radical (unpaired) electrons. The minimum Gasteiger partial charge on any atom is -0.351 e. The summed E-state index contributed by atoms with van der Waals surface area (Å²) in [5, 5.41) is 3.79. The Hall–Kier alpha value is -1.81. The second-order valence-corrected chi connectivity index (χ2v) is 6.16. The van der Waals surface area contributed by atoms with Crippen LogP contribution in [0.15, 0.2) is 43.0 Å². The van der Waals surface area contributed by atoms with Crippen LogP contribution in [0.1, 0.15) is 25.3 Å². The van der Waals surface area contributed by atoms with Crippen molar-refractivity contribution in [1.29, 1.82) is 0 Å². The quantitative estimate of drug-likeness (QED) is 0.923. The van der Waals surface area contributed by atoms with E-state index in [1.54, 1.807) is 12.5 Å².